The molecule has 0 bridgehead atoms. The number of methoxy groups -OCH3 is 1. The number of benzene rings is 2. The van der Waals surface area contributed by atoms with Gasteiger partial charge in [0.1, 0.15) is 11.6 Å². The van der Waals surface area contributed by atoms with Crippen molar-refractivity contribution in [2.24, 2.45) is 0 Å². The van der Waals surface area contributed by atoms with Gasteiger partial charge in [0.2, 0.25) is 0 Å². The first-order chi connectivity index (χ1) is 15.2. The van der Waals surface area contributed by atoms with E-state index in [1.54, 1.807) is 13.2 Å². The van der Waals surface area contributed by atoms with Crippen LogP contribution in [0.3, 0.4) is 0 Å². The van der Waals surface area contributed by atoms with Crippen molar-refractivity contribution in [1.29, 1.82) is 0 Å². The molecule has 0 saturated carbocycles. The average molecular weight is 422 g/mol. The summed E-state index contributed by atoms with van der Waals surface area (Å²) in [5.41, 5.74) is 2.98. The van der Waals surface area contributed by atoms with E-state index in [1.807, 2.05) is 18.2 Å². The molecule has 31 heavy (non-hydrogen) atoms. The predicted octanol–water partition coefficient (Wildman–Crippen LogP) is 5.77. The van der Waals surface area contributed by atoms with Gasteiger partial charge in [-0.15, -0.1) is 0 Å². The molecule has 0 atom stereocenters. The van der Waals surface area contributed by atoms with Crippen LogP contribution in [-0.2, 0) is 13.0 Å². The predicted molar refractivity (Wildman–Crippen MR) is 127 cm³/mol. The highest BCUT2D eigenvalue weighted by Crippen LogP contribution is 2.19. The number of nitrogens with one attached hydrogen (secondary N) is 1. The topological polar surface area (TPSA) is 56.2 Å². The number of para-hydroxylation sites is 2. The van der Waals surface area contributed by atoms with E-state index in [0.29, 0.717) is 17.9 Å². The van der Waals surface area contributed by atoms with E-state index >= 15 is 0 Å². The Kier molecular flexibility index (Phi) is 8.95. The summed E-state index contributed by atoms with van der Waals surface area (Å²) in [6, 6.07) is 15.7. The van der Waals surface area contributed by atoms with E-state index in [2.05, 4.69) is 41.1 Å². The second-order valence-corrected chi connectivity index (χ2v) is 8.03. The highest BCUT2D eigenvalue weighted by Gasteiger charge is 2.10. The van der Waals surface area contributed by atoms with Crippen LogP contribution in [0, 0.1) is 0 Å². The summed E-state index contributed by atoms with van der Waals surface area (Å²) in [6.07, 6.45) is 9.12. The molecule has 5 heteroatoms. The quantitative estimate of drug-likeness (QED) is 0.357. The Morgan fingerprint density at radius 2 is 1.84 bits per heavy atom. The zero-order chi connectivity index (χ0) is 21.9. The number of fused-ring (bicyclic) bond motifs is 1. The van der Waals surface area contributed by atoms with Crippen molar-refractivity contribution in [2.45, 2.75) is 64.8 Å². The van der Waals surface area contributed by atoms with Gasteiger partial charge in [0.05, 0.1) is 18.1 Å². The molecule has 3 aromatic rings. The monoisotopic (exact) mass is 421 g/mol. The van der Waals surface area contributed by atoms with E-state index in [4.69, 9.17) is 9.72 Å². The van der Waals surface area contributed by atoms with E-state index in [9.17, 15) is 4.79 Å². The van der Waals surface area contributed by atoms with E-state index in [0.717, 1.165) is 37.7 Å². The highest BCUT2D eigenvalue weighted by molar-refractivity contribution is 5.94. The van der Waals surface area contributed by atoms with E-state index < -0.39 is 0 Å². The molecular weight excluding hydrogens is 386 g/mol. The maximum absolute atomic E-state index is 12.3. The Bertz CT molecular complexity index is 964. The molecule has 5 nitrogen and oxygen atoms in total. The lowest BCUT2D eigenvalue weighted by atomic mass is 10.1. The Hall–Kier alpha value is -2.82. The van der Waals surface area contributed by atoms with Crippen molar-refractivity contribution in [2.75, 3.05) is 13.7 Å². The molecule has 1 heterocycles. The molecule has 1 N–H and O–H groups in total. The van der Waals surface area contributed by atoms with Crippen LogP contribution in [-0.4, -0.2) is 29.1 Å². The lowest BCUT2D eigenvalue weighted by molar-refractivity contribution is 0.0952. The van der Waals surface area contributed by atoms with Gasteiger partial charge in [-0.25, -0.2) is 4.98 Å². The third-order valence-corrected chi connectivity index (χ3v) is 5.66. The largest absolute Gasteiger partial charge is 0.497 e. The Balaban J connectivity index is 1.45. The van der Waals surface area contributed by atoms with Crippen molar-refractivity contribution in [1.82, 2.24) is 14.9 Å². The van der Waals surface area contributed by atoms with Crippen LogP contribution in [0.1, 0.15) is 68.1 Å². The minimum atomic E-state index is -0.0484. The second kappa shape index (κ2) is 12.1. The van der Waals surface area contributed by atoms with Crippen LogP contribution in [0.4, 0.5) is 0 Å². The lowest BCUT2D eigenvalue weighted by Gasteiger charge is -2.10. The smallest absolute Gasteiger partial charge is 0.251 e. The standard InChI is InChI=1S/C26H35N3O2/c1-3-4-5-11-19-29-24-16-9-8-15-23(24)28-25(29)17-7-6-10-18-27-26(30)21-13-12-14-22(20-21)31-2/h8-9,12-16,20H,3-7,10-11,17-19H2,1-2H3,(H,27,30). The summed E-state index contributed by atoms with van der Waals surface area (Å²) >= 11 is 0. The zero-order valence-corrected chi connectivity index (χ0v) is 18.9. The molecule has 1 aromatic heterocycles. The first-order valence-electron chi connectivity index (χ1n) is 11.6. The normalized spacial score (nSPS) is 11.0. The summed E-state index contributed by atoms with van der Waals surface area (Å²) in [7, 11) is 1.61. The van der Waals surface area contributed by atoms with Gasteiger partial charge < -0.3 is 14.6 Å². The Morgan fingerprint density at radius 3 is 2.68 bits per heavy atom. The van der Waals surface area contributed by atoms with Crippen LogP contribution in [0.2, 0.25) is 0 Å². The van der Waals surface area contributed by atoms with Crippen molar-refractivity contribution in [3.05, 3.63) is 59.9 Å². The van der Waals surface area contributed by atoms with Gasteiger partial charge in [-0.2, -0.15) is 0 Å². The molecule has 0 spiro atoms. The summed E-state index contributed by atoms with van der Waals surface area (Å²) < 4.78 is 7.60. The average Bonchev–Trinajstić information content (AvgIpc) is 3.16. The fourth-order valence-electron chi connectivity index (χ4n) is 3.92. The minimum absolute atomic E-state index is 0.0484. The van der Waals surface area contributed by atoms with Gasteiger partial charge >= 0.3 is 0 Å². The highest BCUT2D eigenvalue weighted by atomic mass is 16.5. The number of imidazole rings is 1. The van der Waals surface area contributed by atoms with Gasteiger partial charge in [0.25, 0.3) is 5.91 Å². The van der Waals surface area contributed by atoms with Gasteiger partial charge in [-0.1, -0.05) is 50.8 Å². The number of unbranched alkanes of at least 4 members (excludes halogenated alkanes) is 5. The maximum Gasteiger partial charge on any atom is 0.251 e. The fraction of sp³-hybridized carbons (Fsp3) is 0.462. The summed E-state index contributed by atoms with van der Waals surface area (Å²) in [5, 5.41) is 3.01. The maximum atomic E-state index is 12.3. The van der Waals surface area contributed by atoms with Crippen LogP contribution in [0.15, 0.2) is 48.5 Å². The molecule has 0 saturated heterocycles. The molecule has 0 aliphatic heterocycles. The van der Waals surface area contributed by atoms with Gasteiger partial charge in [-0.05, 0) is 49.6 Å². The molecule has 0 aliphatic carbocycles. The first-order valence-corrected chi connectivity index (χ1v) is 11.6. The van der Waals surface area contributed by atoms with Crippen LogP contribution >= 0.6 is 0 Å². The number of hydrogen-bond donors (Lipinski definition) is 1. The SMILES string of the molecule is CCCCCCn1c(CCCCCNC(=O)c2cccc(OC)c2)nc2ccccc21. The number of carbonyl (C=O) groups excluding carboxylic acids is 1. The van der Waals surface area contributed by atoms with Crippen molar-refractivity contribution < 1.29 is 9.53 Å². The third kappa shape index (κ3) is 6.58. The number of hydrogen-bond acceptors (Lipinski definition) is 3. The van der Waals surface area contributed by atoms with Crippen LogP contribution < -0.4 is 10.1 Å². The van der Waals surface area contributed by atoms with Gasteiger partial charge in [0, 0.05) is 25.1 Å². The summed E-state index contributed by atoms with van der Waals surface area (Å²) in [6.45, 7) is 3.98. The first kappa shape index (κ1) is 22.9. The molecule has 0 fully saturated rings. The Morgan fingerprint density at radius 1 is 1.00 bits per heavy atom. The molecule has 0 aliphatic rings. The number of aryl methyl sites for hydroxylation is 2. The van der Waals surface area contributed by atoms with Gasteiger partial charge in [-0.3, -0.25) is 4.79 Å². The second-order valence-electron chi connectivity index (χ2n) is 8.03. The lowest BCUT2D eigenvalue weighted by Crippen LogP contribution is -2.24. The minimum Gasteiger partial charge on any atom is -0.497 e. The molecule has 166 valence electrons. The molecule has 0 radical (unpaired) electrons. The number of carbonyl (C=O) groups is 1. The van der Waals surface area contributed by atoms with E-state index in [-0.39, 0.29) is 5.91 Å². The fourth-order valence-corrected chi connectivity index (χ4v) is 3.92. The number of nitrogens with zero attached hydrogens (tertiary/aromatic N) is 2. The van der Waals surface area contributed by atoms with Crippen LogP contribution in [0.5, 0.6) is 5.75 Å². The van der Waals surface area contributed by atoms with Crippen LogP contribution in [0.25, 0.3) is 11.0 Å². The molecular formula is C26H35N3O2. The molecule has 2 aromatic carbocycles. The third-order valence-electron chi connectivity index (χ3n) is 5.66. The number of aromatic nitrogens is 2. The van der Waals surface area contributed by atoms with Crippen molar-refractivity contribution >= 4 is 16.9 Å². The van der Waals surface area contributed by atoms with Gasteiger partial charge in [0.15, 0.2) is 0 Å². The summed E-state index contributed by atoms with van der Waals surface area (Å²) in [5.74, 6) is 1.84. The zero-order valence-electron chi connectivity index (χ0n) is 18.9. The Labute approximate surface area is 185 Å². The molecule has 0 unspecified atom stereocenters. The number of ether oxygens (including phenoxy) is 1. The molecule has 3 rings (SSSR count). The molecule has 1 amide bonds. The number of rotatable bonds is 13. The van der Waals surface area contributed by atoms with E-state index in [1.165, 1.54) is 37.0 Å². The van der Waals surface area contributed by atoms with Crippen molar-refractivity contribution in [3.63, 3.8) is 0 Å². The number of amides is 1. The van der Waals surface area contributed by atoms with Crippen molar-refractivity contribution in [3.8, 4) is 5.75 Å². The summed E-state index contributed by atoms with van der Waals surface area (Å²) in [4.78, 5) is 17.2.